The van der Waals surface area contributed by atoms with Crippen LogP contribution in [0.2, 0.25) is 0 Å². The lowest BCUT2D eigenvalue weighted by Gasteiger charge is -2.02. The summed E-state index contributed by atoms with van der Waals surface area (Å²) in [6.45, 7) is 0. The number of benzene rings is 2. The van der Waals surface area contributed by atoms with Gasteiger partial charge >= 0.3 is 0 Å². The van der Waals surface area contributed by atoms with Gasteiger partial charge in [0, 0.05) is 5.56 Å². The Morgan fingerprint density at radius 1 is 0.824 bits per heavy atom. The molecule has 17 heavy (non-hydrogen) atoms. The third-order valence-corrected chi connectivity index (χ3v) is 2.96. The molecule has 1 aliphatic carbocycles. The van der Waals surface area contributed by atoms with E-state index in [0.717, 1.165) is 11.1 Å². The number of allylic oxidation sites excluding steroid dienone is 2. The van der Waals surface area contributed by atoms with Crippen LogP contribution in [0.25, 0.3) is 17.7 Å². The monoisotopic (exact) mass is 220 g/mol. The van der Waals surface area contributed by atoms with Gasteiger partial charge in [0.1, 0.15) is 5.75 Å². The molecule has 0 atom stereocenters. The van der Waals surface area contributed by atoms with E-state index in [2.05, 4.69) is 24.3 Å². The summed E-state index contributed by atoms with van der Waals surface area (Å²) in [5.74, 6) is 0.317. The molecular formula is C16H12O. The normalized spacial score (nSPS) is 15.2. The molecule has 0 amide bonds. The highest BCUT2D eigenvalue weighted by molar-refractivity contribution is 5.98. The minimum absolute atomic E-state index is 0.317. The maximum Gasteiger partial charge on any atom is 0.122 e. The van der Waals surface area contributed by atoms with Gasteiger partial charge in [-0.3, -0.25) is 0 Å². The van der Waals surface area contributed by atoms with Crippen LogP contribution in [0.15, 0.2) is 54.6 Å². The summed E-state index contributed by atoms with van der Waals surface area (Å²) in [6, 6.07) is 15.6. The fourth-order valence-electron chi connectivity index (χ4n) is 2.08. The molecule has 0 saturated carbocycles. The van der Waals surface area contributed by atoms with Gasteiger partial charge in [-0.25, -0.2) is 0 Å². The van der Waals surface area contributed by atoms with Crippen LogP contribution in [-0.2, 0) is 0 Å². The van der Waals surface area contributed by atoms with Crippen molar-refractivity contribution >= 4 is 17.7 Å². The smallest absolute Gasteiger partial charge is 0.122 e. The van der Waals surface area contributed by atoms with E-state index >= 15 is 0 Å². The molecule has 0 radical (unpaired) electrons. The third-order valence-electron chi connectivity index (χ3n) is 2.96. The Balaban J connectivity index is 2.09. The lowest BCUT2D eigenvalue weighted by atomic mass is 10.0. The Labute approximate surface area is 100 Å². The zero-order chi connectivity index (χ0) is 11.7. The molecule has 1 nitrogen and oxygen atoms in total. The van der Waals surface area contributed by atoms with Crippen LogP contribution in [0.4, 0.5) is 0 Å². The Hall–Kier alpha value is -2.28. The van der Waals surface area contributed by atoms with Crippen LogP contribution >= 0.6 is 0 Å². The maximum atomic E-state index is 9.75. The number of hydrogen-bond acceptors (Lipinski definition) is 1. The van der Waals surface area contributed by atoms with Gasteiger partial charge in [-0.15, -0.1) is 0 Å². The van der Waals surface area contributed by atoms with E-state index in [9.17, 15) is 5.11 Å². The molecule has 1 heteroatoms. The van der Waals surface area contributed by atoms with E-state index in [0.29, 0.717) is 5.75 Å². The molecule has 1 N–H and O–H groups in total. The second kappa shape index (κ2) is 3.95. The van der Waals surface area contributed by atoms with Gasteiger partial charge in [0.25, 0.3) is 0 Å². The van der Waals surface area contributed by atoms with Gasteiger partial charge in [-0.1, -0.05) is 54.6 Å². The van der Waals surface area contributed by atoms with Crippen LogP contribution in [0, 0.1) is 0 Å². The van der Waals surface area contributed by atoms with Gasteiger partial charge < -0.3 is 5.11 Å². The lowest BCUT2D eigenvalue weighted by molar-refractivity contribution is 0.474. The van der Waals surface area contributed by atoms with Crippen LogP contribution in [0.1, 0.15) is 16.7 Å². The standard InChI is InChI=1S/C16H12O/c17-16-8-4-2-6-14(16)11-13-10-9-12-5-1-3-7-15(12)13/h1-11,17H/b13-11+. The molecule has 0 spiro atoms. The molecule has 1 aliphatic rings. The SMILES string of the molecule is Oc1ccccc1/C=C1\C=Cc2ccccc21. The van der Waals surface area contributed by atoms with Gasteiger partial charge in [0.15, 0.2) is 0 Å². The van der Waals surface area contributed by atoms with Gasteiger partial charge in [0.2, 0.25) is 0 Å². The summed E-state index contributed by atoms with van der Waals surface area (Å²) in [4.78, 5) is 0. The number of para-hydroxylation sites is 1. The Bertz CT molecular complexity index is 621. The summed E-state index contributed by atoms with van der Waals surface area (Å²) in [7, 11) is 0. The van der Waals surface area contributed by atoms with Crippen molar-refractivity contribution in [2.24, 2.45) is 0 Å². The van der Waals surface area contributed by atoms with Gasteiger partial charge in [-0.05, 0) is 28.8 Å². The summed E-state index contributed by atoms with van der Waals surface area (Å²) < 4.78 is 0. The molecular weight excluding hydrogens is 208 g/mol. The molecule has 0 bridgehead atoms. The van der Waals surface area contributed by atoms with Crippen molar-refractivity contribution in [3.63, 3.8) is 0 Å². The van der Waals surface area contributed by atoms with Crippen molar-refractivity contribution in [2.45, 2.75) is 0 Å². The Morgan fingerprint density at radius 2 is 1.59 bits per heavy atom. The predicted molar refractivity (Wildman–Crippen MR) is 71.5 cm³/mol. The van der Waals surface area contributed by atoms with Crippen molar-refractivity contribution in [2.75, 3.05) is 0 Å². The topological polar surface area (TPSA) is 20.2 Å². The highest BCUT2D eigenvalue weighted by atomic mass is 16.3. The fraction of sp³-hybridized carbons (Fsp3) is 0. The number of fused-ring (bicyclic) bond motifs is 1. The first-order valence-corrected chi connectivity index (χ1v) is 5.62. The summed E-state index contributed by atoms with van der Waals surface area (Å²) in [5.41, 5.74) is 4.44. The highest BCUT2D eigenvalue weighted by Gasteiger charge is 2.09. The van der Waals surface area contributed by atoms with E-state index in [4.69, 9.17) is 0 Å². The quantitative estimate of drug-likeness (QED) is 0.771. The van der Waals surface area contributed by atoms with Crippen LogP contribution < -0.4 is 0 Å². The molecule has 3 rings (SSSR count). The first-order chi connectivity index (χ1) is 8.34. The Kier molecular flexibility index (Phi) is 2.30. The van der Waals surface area contributed by atoms with Gasteiger partial charge in [-0.2, -0.15) is 0 Å². The zero-order valence-corrected chi connectivity index (χ0v) is 9.30. The molecule has 2 aromatic rings. The first kappa shape index (κ1) is 9.91. The average Bonchev–Trinajstić information content (AvgIpc) is 2.76. The largest absolute Gasteiger partial charge is 0.507 e. The first-order valence-electron chi connectivity index (χ1n) is 5.62. The summed E-state index contributed by atoms with van der Waals surface area (Å²) >= 11 is 0. The molecule has 0 unspecified atom stereocenters. The van der Waals surface area contributed by atoms with Crippen molar-refractivity contribution in [3.8, 4) is 5.75 Å². The minimum atomic E-state index is 0.317. The van der Waals surface area contributed by atoms with E-state index in [1.165, 1.54) is 11.1 Å². The van der Waals surface area contributed by atoms with E-state index in [1.54, 1.807) is 6.07 Å². The van der Waals surface area contributed by atoms with Crippen LogP contribution in [0.5, 0.6) is 5.75 Å². The fourth-order valence-corrected chi connectivity index (χ4v) is 2.08. The number of rotatable bonds is 1. The van der Waals surface area contributed by atoms with E-state index in [-0.39, 0.29) is 0 Å². The molecule has 2 aromatic carbocycles. The molecule has 0 aromatic heterocycles. The molecule has 0 saturated heterocycles. The van der Waals surface area contributed by atoms with E-state index < -0.39 is 0 Å². The van der Waals surface area contributed by atoms with Crippen molar-refractivity contribution in [1.29, 1.82) is 0 Å². The van der Waals surface area contributed by atoms with Crippen molar-refractivity contribution < 1.29 is 5.11 Å². The number of phenolic OH excluding ortho intramolecular Hbond substituents is 1. The van der Waals surface area contributed by atoms with Crippen molar-refractivity contribution in [3.05, 3.63) is 71.3 Å². The third kappa shape index (κ3) is 1.76. The minimum Gasteiger partial charge on any atom is -0.507 e. The molecule has 82 valence electrons. The lowest BCUT2D eigenvalue weighted by Crippen LogP contribution is -1.80. The maximum absolute atomic E-state index is 9.75. The zero-order valence-electron chi connectivity index (χ0n) is 9.30. The van der Waals surface area contributed by atoms with Crippen LogP contribution in [0.3, 0.4) is 0 Å². The second-order valence-corrected chi connectivity index (χ2v) is 4.08. The highest BCUT2D eigenvalue weighted by Crippen LogP contribution is 2.31. The average molecular weight is 220 g/mol. The van der Waals surface area contributed by atoms with Gasteiger partial charge in [0.05, 0.1) is 0 Å². The van der Waals surface area contributed by atoms with Crippen molar-refractivity contribution in [1.82, 2.24) is 0 Å². The molecule has 0 aliphatic heterocycles. The van der Waals surface area contributed by atoms with Crippen LogP contribution in [-0.4, -0.2) is 5.11 Å². The second-order valence-electron chi connectivity index (χ2n) is 4.08. The number of hydrogen-bond donors (Lipinski definition) is 1. The number of aromatic hydroxyl groups is 1. The number of phenols is 1. The van der Waals surface area contributed by atoms with E-state index in [1.807, 2.05) is 36.4 Å². The molecule has 0 heterocycles. The predicted octanol–water partition coefficient (Wildman–Crippen LogP) is 3.96. The molecule has 0 fully saturated rings. The summed E-state index contributed by atoms with van der Waals surface area (Å²) in [6.07, 6.45) is 6.19. The summed E-state index contributed by atoms with van der Waals surface area (Å²) in [5, 5.41) is 9.75. The Morgan fingerprint density at radius 3 is 2.47 bits per heavy atom.